The summed E-state index contributed by atoms with van der Waals surface area (Å²) in [5, 5.41) is 0. The molecule has 0 fully saturated rings. The number of hydrogen-bond acceptors (Lipinski definition) is 3. The van der Waals surface area contributed by atoms with Gasteiger partial charge in [-0.3, -0.25) is 4.99 Å². The Balaban J connectivity index is 3.44. The lowest BCUT2D eigenvalue weighted by molar-refractivity contribution is 0.266. The van der Waals surface area contributed by atoms with Gasteiger partial charge in [-0.1, -0.05) is 6.92 Å². The number of thiocarbonyl (C=S) groups is 1. The summed E-state index contributed by atoms with van der Waals surface area (Å²) in [7, 11) is 1.69. The van der Waals surface area contributed by atoms with Gasteiger partial charge in [0.2, 0.25) is 0 Å². The van der Waals surface area contributed by atoms with Gasteiger partial charge in [-0.25, -0.2) is 5.48 Å². The minimum Gasteiger partial charge on any atom is -0.377 e. The molecule has 4 heteroatoms. The number of nitrogens with one attached hydrogen (secondary N) is 1. The minimum atomic E-state index is 0.788. The molecule has 0 radical (unpaired) electrons. The predicted molar refractivity (Wildman–Crippen MR) is 41.5 cm³/mol. The van der Waals surface area contributed by atoms with Gasteiger partial charge < -0.3 is 4.84 Å². The zero-order chi connectivity index (χ0) is 7.11. The van der Waals surface area contributed by atoms with Crippen LogP contribution in [0.15, 0.2) is 4.99 Å². The van der Waals surface area contributed by atoms with E-state index in [4.69, 9.17) is 0 Å². The van der Waals surface area contributed by atoms with Gasteiger partial charge in [0.1, 0.15) is 5.84 Å². The van der Waals surface area contributed by atoms with Crippen molar-refractivity contribution in [3.8, 4) is 0 Å². The SMILES string of the molecule is CCC(=NC)NOC=S. The number of hydrogen-bond donors (Lipinski definition) is 1. The van der Waals surface area contributed by atoms with E-state index in [9.17, 15) is 0 Å². The Morgan fingerprint density at radius 3 is 2.89 bits per heavy atom. The van der Waals surface area contributed by atoms with E-state index in [1.807, 2.05) is 6.92 Å². The summed E-state index contributed by atoms with van der Waals surface area (Å²) in [6.45, 7) is 1.97. The van der Waals surface area contributed by atoms with Gasteiger partial charge in [-0.2, -0.15) is 0 Å². The van der Waals surface area contributed by atoms with E-state index < -0.39 is 0 Å². The van der Waals surface area contributed by atoms with E-state index in [0.29, 0.717) is 0 Å². The number of aliphatic imine (C=N–C) groups is 1. The fraction of sp³-hybridized carbons (Fsp3) is 0.600. The Bertz CT molecular complexity index is 114. The summed E-state index contributed by atoms with van der Waals surface area (Å²) in [5.74, 6) is 0.788. The Kier molecular flexibility index (Phi) is 5.11. The van der Waals surface area contributed by atoms with Gasteiger partial charge in [0, 0.05) is 13.5 Å². The number of amidine groups is 1. The molecule has 0 saturated heterocycles. The third-order valence-electron chi connectivity index (χ3n) is 0.830. The lowest BCUT2D eigenvalue weighted by atomic mass is 10.5. The third-order valence-corrected chi connectivity index (χ3v) is 0.926. The van der Waals surface area contributed by atoms with E-state index in [0.717, 1.165) is 17.8 Å². The molecule has 9 heavy (non-hydrogen) atoms. The van der Waals surface area contributed by atoms with E-state index in [2.05, 4.69) is 27.5 Å². The summed E-state index contributed by atoms with van der Waals surface area (Å²) < 4.78 is 0. The summed E-state index contributed by atoms with van der Waals surface area (Å²) in [5.41, 5.74) is 3.71. The van der Waals surface area contributed by atoms with Crippen LogP contribution in [-0.2, 0) is 4.84 Å². The summed E-state index contributed by atoms with van der Waals surface area (Å²) in [6.07, 6.45) is 0.819. The topological polar surface area (TPSA) is 33.6 Å². The first kappa shape index (κ1) is 8.36. The quantitative estimate of drug-likeness (QED) is 0.278. The van der Waals surface area contributed by atoms with Crippen LogP contribution in [0.3, 0.4) is 0 Å². The molecule has 0 aromatic heterocycles. The molecule has 1 N–H and O–H groups in total. The Morgan fingerprint density at radius 1 is 1.89 bits per heavy atom. The Hall–Kier alpha value is -0.640. The fourth-order valence-corrected chi connectivity index (χ4v) is 0.416. The molecule has 0 aromatic carbocycles. The average Bonchev–Trinajstić information content (AvgIpc) is 1.91. The second-order valence-electron chi connectivity index (χ2n) is 1.34. The maximum absolute atomic E-state index is 4.59. The van der Waals surface area contributed by atoms with E-state index >= 15 is 0 Å². The van der Waals surface area contributed by atoms with Crippen molar-refractivity contribution < 1.29 is 4.84 Å². The molecule has 52 valence electrons. The largest absolute Gasteiger partial charge is 0.377 e. The van der Waals surface area contributed by atoms with Crippen molar-refractivity contribution in [2.75, 3.05) is 7.05 Å². The van der Waals surface area contributed by atoms with Crippen LogP contribution in [0.5, 0.6) is 0 Å². The molecule has 0 saturated carbocycles. The third kappa shape index (κ3) is 3.90. The van der Waals surface area contributed by atoms with Gasteiger partial charge in [0.25, 0.3) is 0 Å². The van der Waals surface area contributed by atoms with Crippen LogP contribution >= 0.6 is 12.2 Å². The molecule has 3 nitrogen and oxygen atoms in total. The molecule has 0 atom stereocenters. The van der Waals surface area contributed by atoms with Crippen molar-refractivity contribution in [1.82, 2.24) is 5.48 Å². The molecule has 0 heterocycles. The standard InChI is InChI=1S/C5H10N2OS/c1-3-5(6-2)7-8-4-9/h4H,3H2,1-2H3,(H,6,7). The number of hydroxylamine groups is 1. The zero-order valence-electron chi connectivity index (χ0n) is 5.55. The zero-order valence-corrected chi connectivity index (χ0v) is 6.36. The monoisotopic (exact) mass is 146 g/mol. The minimum absolute atomic E-state index is 0.788. The smallest absolute Gasteiger partial charge is 0.182 e. The van der Waals surface area contributed by atoms with Crippen LogP contribution in [0.25, 0.3) is 0 Å². The second-order valence-corrected chi connectivity index (χ2v) is 1.53. The van der Waals surface area contributed by atoms with Gasteiger partial charge in [-0.05, 0) is 12.2 Å². The Morgan fingerprint density at radius 2 is 2.56 bits per heavy atom. The van der Waals surface area contributed by atoms with E-state index in [1.54, 1.807) is 7.05 Å². The first-order valence-corrected chi connectivity index (χ1v) is 3.13. The highest BCUT2D eigenvalue weighted by molar-refractivity contribution is 7.78. The van der Waals surface area contributed by atoms with Crippen molar-refractivity contribution in [2.24, 2.45) is 4.99 Å². The van der Waals surface area contributed by atoms with Crippen LogP contribution in [0.2, 0.25) is 0 Å². The van der Waals surface area contributed by atoms with Gasteiger partial charge in [-0.15, -0.1) is 0 Å². The van der Waals surface area contributed by atoms with Gasteiger partial charge in [0.05, 0.1) is 0 Å². The van der Waals surface area contributed by atoms with Crippen molar-refractivity contribution in [1.29, 1.82) is 0 Å². The van der Waals surface area contributed by atoms with E-state index in [1.165, 1.54) is 0 Å². The van der Waals surface area contributed by atoms with Crippen molar-refractivity contribution in [3.63, 3.8) is 0 Å². The maximum Gasteiger partial charge on any atom is 0.182 e. The highest BCUT2D eigenvalue weighted by atomic mass is 32.1. The first-order chi connectivity index (χ1) is 4.35. The summed E-state index contributed by atoms with van der Waals surface area (Å²) >= 11 is 4.40. The number of rotatable bonds is 3. The number of nitrogens with zero attached hydrogens (tertiary/aromatic N) is 1. The highest BCUT2D eigenvalue weighted by Crippen LogP contribution is 1.78. The second kappa shape index (κ2) is 5.50. The van der Waals surface area contributed by atoms with Crippen LogP contribution < -0.4 is 5.48 Å². The average molecular weight is 146 g/mol. The fourth-order valence-electron chi connectivity index (χ4n) is 0.368. The molecular formula is C5H10N2OS. The lowest BCUT2D eigenvalue weighted by Gasteiger charge is -2.02. The predicted octanol–water partition coefficient (Wildman–Crippen LogP) is 0.903. The molecule has 0 aliphatic carbocycles. The first-order valence-electron chi connectivity index (χ1n) is 2.66. The normalized spacial score (nSPS) is 10.7. The molecule has 0 aliphatic rings. The van der Waals surface area contributed by atoms with Crippen molar-refractivity contribution >= 4 is 23.6 Å². The van der Waals surface area contributed by atoms with Crippen LogP contribution in [0.1, 0.15) is 13.3 Å². The molecular weight excluding hydrogens is 136 g/mol. The molecule has 0 spiro atoms. The van der Waals surface area contributed by atoms with Gasteiger partial charge in [0.15, 0.2) is 5.55 Å². The summed E-state index contributed by atoms with van der Waals surface area (Å²) in [4.78, 5) is 8.44. The molecule has 0 unspecified atom stereocenters. The Labute approximate surface area is 60.1 Å². The molecule has 0 aliphatic heterocycles. The van der Waals surface area contributed by atoms with Crippen LogP contribution in [-0.4, -0.2) is 18.4 Å². The maximum atomic E-state index is 4.59. The molecule has 0 rings (SSSR count). The van der Waals surface area contributed by atoms with E-state index in [-0.39, 0.29) is 0 Å². The van der Waals surface area contributed by atoms with Crippen molar-refractivity contribution in [3.05, 3.63) is 0 Å². The molecule has 0 aromatic rings. The lowest BCUT2D eigenvalue weighted by Crippen LogP contribution is -2.21. The highest BCUT2D eigenvalue weighted by Gasteiger charge is 1.88. The van der Waals surface area contributed by atoms with Gasteiger partial charge >= 0.3 is 0 Å². The van der Waals surface area contributed by atoms with Crippen molar-refractivity contribution in [2.45, 2.75) is 13.3 Å². The molecule has 0 amide bonds. The van der Waals surface area contributed by atoms with Crippen LogP contribution in [0, 0.1) is 0 Å². The summed E-state index contributed by atoms with van der Waals surface area (Å²) in [6, 6.07) is 0. The van der Waals surface area contributed by atoms with Crippen LogP contribution in [0.4, 0.5) is 0 Å². The molecule has 0 bridgehead atoms.